The molecule has 1 atom stereocenters. The van der Waals surface area contributed by atoms with Gasteiger partial charge in [0.25, 0.3) is 0 Å². The van der Waals surface area contributed by atoms with E-state index in [-0.39, 0.29) is 6.10 Å². The normalized spacial score (nSPS) is 20.9. The van der Waals surface area contributed by atoms with Crippen molar-refractivity contribution in [3.63, 3.8) is 0 Å². The number of rotatable bonds is 2. The second kappa shape index (κ2) is 4.43. The fourth-order valence-corrected chi connectivity index (χ4v) is 2.31. The van der Waals surface area contributed by atoms with E-state index in [1.54, 1.807) is 0 Å². The zero-order valence-electron chi connectivity index (χ0n) is 9.67. The molecule has 2 aromatic heterocycles. The third-order valence-corrected chi connectivity index (χ3v) is 3.23. The molecule has 0 spiro atoms. The average Bonchev–Trinajstić information content (AvgIpc) is 2.83. The molecule has 1 saturated heterocycles. The van der Waals surface area contributed by atoms with Gasteiger partial charge in [-0.05, 0) is 25.3 Å². The molecular formula is C12H16N4O. The number of nitrogens with two attached hydrogens (primary N) is 1. The van der Waals surface area contributed by atoms with Crippen LogP contribution in [0.4, 0.5) is 0 Å². The van der Waals surface area contributed by atoms with Gasteiger partial charge in [0.2, 0.25) is 0 Å². The highest BCUT2D eigenvalue weighted by atomic mass is 16.5. The second-order valence-electron chi connectivity index (χ2n) is 4.34. The first kappa shape index (κ1) is 10.7. The van der Waals surface area contributed by atoms with E-state index in [2.05, 4.69) is 10.2 Å². The van der Waals surface area contributed by atoms with E-state index >= 15 is 0 Å². The van der Waals surface area contributed by atoms with Crippen LogP contribution in [0.5, 0.6) is 0 Å². The highest BCUT2D eigenvalue weighted by molar-refractivity contribution is 5.47. The first-order chi connectivity index (χ1) is 8.40. The standard InChI is InChI=1S/C12H16N4O/c13-8-9-4-3-6-16-11(9)14-15-12(16)10-5-1-2-7-17-10/h3-4,6,10H,1-2,5,7-8,13H2. The Morgan fingerprint density at radius 1 is 1.41 bits per heavy atom. The van der Waals surface area contributed by atoms with Crippen molar-refractivity contribution >= 4 is 5.65 Å². The molecule has 0 bridgehead atoms. The average molecular weight is 232 g/mol. The predicted molar refractivity (Wildman–Crippen MR) is 63.4 cm³/mol. The number of nitrogens with zero attached hydrogens (tertiary/aromatic N) is 3. The Hall–Kier alpha value is -1.46. The van der Waals surface area contributed by atoms with Gasteiger partial charge in [-0.3, -0.25) is 4.40 Å². The number of hydrogen-bond donors (Lipinski definition) is 1. The van der Waals surface area contributed by atoms with E-state index in [1.807, 2.05) is 22.7 Å². The Bertz CT molecular complexity index is 516. The van der Waals surface area contributed by atoms with Crippen molar-refractivity contribution in [1.29, 1.82) is 0 Å². The van der Waals surface area contributed by atoms with Gasteiger partial charge in [0.15, 0.2) is 11.5 Å². The van der Waals surface area contributed by atoms with Gasteiger partial charge in [0.1, 0.15) is 6.10 Å². The molecule has 0 aromatic carbocycles. The lowest BCUT2D eigenvalue weighted by atomic mass is 10.1. The molecule has 2 N–H and O–H groups in total. The minimum Gasteiger partial charge on any atom is -0.370 e. The second-order valence-corrected chi connectivity index (χ2v) is 4.34. The van der Waals surface area contributed by atoms with Crippen molar-refractivity contribution < 1.29 is 4.74 Å². The van der Waals surface area contributed by atoms with Crippen molar-refractivity contribution in [3.8, 4) is 0 Å². The fraction of sp³-hybridized carbons (Fsp3) is 0.500. The third-order valence-electron chi connectivity index (χ3n) is 3.23. The van der Waals surface area contributed by atoms with Crippen LogP contribution in [0.1, 0.15) is 36.8 Å². The number of pyridine rings is 1. The molecule has 0 aliphatic carbocycles. The summed E-state index contributed by atoms with van der Waals surface area (Å²) < 4.78 is 7.75. The molecule has 1 fully saturated rings. The summed E-state index contributed by atoms with van der Waals surface area (Å²) in [7, 11) is 0. The summed E-state index contributed by atoms with van der Waals surface area (Å²) >= 11 is 0. The molecule has 90 valence electrons. The maximum atomic E-state index is 5.75. The Morgan fingerprint density at radius 3 is 3.12 bits per heavy atom. The molecule has 2 aromatic rings. The van der Waals surface area contributed by atoms with Crippen LogP contribution in [0, 0.1) is 0 Å². The molecule has 0 amide bonds. The van der Waals surface area contributed by atoms with Crippen molar-refractivity contribution in [3.05, 3.63) is 29.7 Å². The van der Waals surface area contributed by atoms with Crippen LogP contribution in [0.15, 0.2) is 18.3 Å². The van der Waals surface area contributed by atoms with E-state index in [0.29, 0.717) is 6.54 Å². The van der Waals surface area contributed by atoms with Gasteiger partial charge < -0.3 is 10.5 Å². The van der Waals surface area contributed by atoms with Gasteiger partial charge in [-0.2, -0.15) is 0 Å². The lowest BCUT2D eigenvalue weighted by molar-refractivity contribution is 0.00885. The zero-order chi connectivity index (χ0) is 11.7. The fourth-order valence-electron chi connectivity index (χ4n) is 2.31. The third kappa shape index (κ3) is 1.81. The number of hydrogen-bond acceptors (Lipinski definition) is 4. The van der Waals surface area contributed by atoms with Gasteiger partial charge in [0, 0.05) is 24.9 Å². The molecule has 0 radical (unpaired) electrons. The molecule has 1 aliphatic heterocycles. The summed E-state index contributed by atoms with van der Waals surface area (Å²) in [5.41, 5.74) is 7.55. The monoisotopic (exact) mass is 232 g/mol. The van der Waals surface area contributed by atoms with E-state index in [1.165, 1.54) is 6.42 Å². The van der Waals surface area contributed by atoms with Crippen LogP contribution in [0.25, 0.3) is 5.65 Å². The summed E-state index contributed by atoms with van der Waals surface area (Å²) in [4.78, 5) is 0. The summed E-state index contributed by atoms with van der Waals surface area (Å²) in [6, 6.07) is 3.96. The smallest absolute Gasteiger partial charge is 0.166 e. The summed E-state index contributed by atoms with van der Waals surface area (Å²) in [5.74, 6) is 0.898. The Labute approximate surface area is 99.6 Å². The van der Waals surface area contributed by atoms with Crippen LogP contribution >= 0.6 is 0 Å². The Balaban J connectivity index is 2.05. The Morgan fingerprint density at radius 2 is 2.35 bits per heavy atom. The SMILES string of the molecule is NCc1cccn2c(C3CCCCO3)nnc12. The van der Waals surface area contributed by atoms with Crippen molar-refractivity contribution in [2.24, 2.45) is 5.73 Å². The highest BCUT2D eigenvalue weighted by Crippen LogP contribution is 2.27. The van der Waals surface area contributed by atoms with Crippen LogP contribution in [0.2, 0.25) is 0 Å². The number of aromatic nitrogens is 3. The van der Waals surface area contributed by atoms with Gasteiger partial charge in [-0.15, -0.1) is 10.2 Å². The van der Waals surface area contributed by atoms with Crippen LogP contribution < -0.4 is 5.73 Å². The summed E-state index contributed by atoms with van der Waals surface area (Å²) in [5, 5.41) is 8.48. The van der Waals surface area contributed by atoms with E-state index in [9.17, 15) is 0 Å². The molecule has 5 nitrogen and oxygen atoms in total. The first-order valence-electron chi connectivity index (χ1n) is 6.04. The number of fused-ring (bicyclic) bond motifs is 1. The molecule has 3 heterocycles. The molecule has 3 rings (SSSR count). The topological polar surface area (TPSA) is 65.4 Å². The van der Waals surface area contributed by atoms with Gasteiger partial charge in [0.05, 0.1) is 0 Å². The zero-order valence-corrected chi connectivity index (χ0v) is 9.67. The lowest BCUT2D eigenvalue weighted by Gasteiger charge is -2.20. The first-order valence-corrected chi connectivity index (χ1v) is 6.04. The van der Waals surface area contributed by atoms with E-state index in [0.717, 1.165) is 36.5 Å². The molecule has 5 heteroatoms. The maximum Gasteiger partial charge on any atom is 0.166 e. The van der Waals surface area contributed by atoms with Gasteiger partial charge in [-0.1, -0.05) is 6.07 Å². The molecule has 0 saturated carbocycles. The van der Waals surface area contributed by atoms with Crippen molar-refractivity contribution in [2.75, 3.05) is 6.61 Å². The Kier molecular flexibility index (Phi) is 2.78. The van der Waals surface area contributed by atoms with Crippen LogP contribution in [-0.2, 0) is 11.3 Å². The van der Waals surface area contributed by atoms with E-state index < -0.39 is 0 Å². The van der Waals surface area contributed by atoms with E-state index in [4.69, 9.17) is 10.5 Å². The highest BCUT2D eigenvalue weighted by Gasteiger charge is 2.21. The molecular weight excluding hydrogens is 216 g/mol. The number of ether oxygens (including phenoxy) is 1. The quantitative estimate of drug-likeness (QED) is 0.850. The lowest BCUT2D eigenvalue weighted by Crippen LogP contribution is -2.14. The van der Waals surface area contributed by atoms with Crippen molar-refractivity contribution in [2.45, 2.75) is 31.9 Å². The van der Waals surface area contributed by atoms with Gasteiger partial charge in [-0.25, -0.2) is 0 Å². The molecule has 17 heavy (non-hydrogen) atoms. The molecule has 1 unspecified atom stereocenters. The van der Waals surface area contributed by atoms with Crippen LogP contribution in [-0.4, -0.2) is 21.2 Å². The van der Waals surface area contributed by atoms with Gasteiger partial charge >= 0.3 is 0 Å². The van der Waals surface area contributed by atoms with Crippen molar-refractivity contribution in [1.82, 2.24) is 14.6 Å². The predicted octanol–water partition coefficient (Wildman–Crippen LogP) is 1.43. The summed E-state index contributed by atoms with van der Waals surface area (Å²) in [6.45, 7) is 1.30. The molecule has 1 aliphatic rings. The minimum absolute atomic E-state index is 0.0757. The summed E-state index contributed by atoms with van der Waals surface area (Å²) in [6.07, 6.45) is 5.40. The largest absolute Gasteiger partial charge is 0.370 e. The van der Waals surface area contributed by atoms with Crippen LogP contribution in [0.3, 0.4) is 0 Å². The maximum absolute atomic E-state index is 5.75. The minimum atomic E-state index is 0.0757.